The number of imidazole rings is 1. The van der Waals surface area contributed by atoms with Gasteiger partial charge in [0, 0.05) is 13.6 Å². The van der Waals surface area contributed by atoms with Gasteiger partial charge in [-0.1, -0.05) is 6.07 Å². The molecule has 0 bridgehead atoms. The molecule has 0 spiro atoms. The average molecular weight is 260 g/mol. The van der Waals surface area contributed by atoms with Crippen molar-refractivity contribution in [2.75, 3.05) is 26.7 Å². The fourth-order valence-corrected chi connectivity index (χ4v) is 2.30. The molecule has 0 atom stereocenters. The lowest BCUT2D eigenvalue weighted by atomic mass is 10.1. The number of hydrogen-bond donors (Lipinski definition) is 1. The molecule has 19 heavy (non-hydrogen) atoms. The lowest BCUT2D eigenvalue weighted by molar-refractivity contribution is 0.331. The highest BCUT2D eigenvalue weighted by Crippen LogP contribution is 2.14. The third-order valence-corrected chi connectivity index (χ3v) is 3.57. The SMILES string of the molecule is CN(CCCCN)CCc1ccc2c(c1)ncn2C. The molecule has 0 fully saturated rings. The van der Waals surface area contributed by atoms with Gasteiger partial charge in [0.05, 0.1) is 17.4 Å². The molecule has 1 heterocycles. The largest absolute Gasteiger partial charge is 0.334 e. The second-order valence-electron chi connectivity index (χ2n) is 5.23. The van der Waals surface area contributed by atoms with Crippen molar-refractivity contribution in [1.82, 2.24) is 14.5 Å². The highest BCUT2D eigenvalue weighted by molar-refractivity contribution is 5.75. The maximum atomic E-state index is 5.51. The van der Waals surface area contributed by atoms with Crippen molar-refractivity contribution in [1.29, 1.82) is 0 Å². The van der Waals surface area contributed by atoms with Gasteiger partial charge >= 0.3 is 0 Å². The first kappa shape index (κ1) is 14.0. The maximum absolute atomic E-state index is 5.51. The Morgan fingerprint density at radius 2 is 2.11 bits per heavy atom. The Morgan fingerprint density at radius 1 is 1.26 bits per heavy atom. The zero-order valence-electron chi connectivity index (χ0n) is 12.0. The fraction of sp³-hybridized carbons (Fsp3) is 0.533. The van der Waals surface area contributed by atoms with E-state index in [2.05, 4.69) is 39.7 Å². The Morgan fingerprint density at radius 3 is 2.89 bits per heavy atom. The number of nitrogens with zero attached hydrogens (tertiary/aromatic N) is 3. The highest BCUT2D eigenvalue weighted by Gasteiger charge is 2.03. The second-order valence-corrected chi connectivity index (χ2v) is 5.23. The van der Waals surface area contributed by atoms with E-state index in [1.54, 1.807) is 0 Å². The predicted octanol–water partition coefficient (Wildman–Crippen LogP) is 1.79. The Labute approximate surface area is 115 Å². The first-order valence-corrected chi connectivity index (χ1v) is 6.99. The van der Waals surface area contributed by atoms with E-state index < -0.39 is 0 Å². The first-order valence-electron chi connectivity index (χ1n) is 6.99. The van der Waals surface area contributed by atoms with Gasteiger partial charge in [0.2, 0.25) is 0 Å². The van der Waals surface area contributed by atoms with E-state index in [1.165, 1.54) is 17.5 Å². The third-order valence-electron chi connectivity index (χ3n) is 3.57. The predicted molar refractivity (Wildman–Crippen MR) is 80.2 cm³/mol. The minimum Gasteiger partial charge on any atom is -0.334 e. The molecule has 2 rings (SSSR count). The summed E-state index contributed by atoms with van der Waals surface area (Å²) in [6.07, 6.45) is 5.25. The quantitative estimate of drug-likeness (QED) is 0.772. The van der Waals surface area contributed by atoms with Gasteiger partial charge in [0.1, 0.15) is 0 Å². The monoisotopic (exact) mass is 260 g/mol. The van der Waals surface area contributed by atoms with E-state index in [0.29, 0.717) is 0 Å². The Hall–Kier alpha value is -1.39. The van der Waals surface area contributed by atoms with Crippen molar-refractivity contribution in [3.63, 3.8) is 0 Å². The maximum Gasteiger partial charge on any atom is 0.0955 e. The lowest BCUT2D eigenvalue weighted by Crippen LogP contribution is -2.23. The molecule has 0 amide bonds. The normalized spacial score (nSPS) is 11.6. The van der Waals surface area contributed by atoms with Crippen LogP contribution >= 0.6 is 0 Å². The molecule has 0 saturated carbocycles. The number of nitrogens with two attached hydrogens (primary N) is 1. The number of benzene rings is 1. The number of hydrogen-bond acceptors (Lipinski definition) is 3. The summed E-state index contributed by atoms with van der Waals surface area (Å²) in [6.45, 7) is 3.01. The number of likely N-dealkylation sites (N-methyl/N-ethyl adjacent to an activating group) is 1. The topological polar surface area (TPSA) is 47.1 Å². The molecule has 1 aromatic carbocycles. The van der Waals surface area contributed by atoms with Crippen LogP contribution in [0, 0.1) is 0 Å². The summed E-state index contributed by atoms with van der Waals surface area (Å²) >= 11 is 0. The van der Waals surface area contributed by atoms with Crippen molar-refractivity contribution in [3.8, 4) is 0 Å². The van der Waals surface area contributed by atoms with Crippen LogP contribution in [0.2, 0.25) is 0 Å². The molecule has 4 heteroatoms. The summed E-state index contributed by atoms with van der Waals surface area (Å²) in [4.78, 5) is 6.78. The van der Waals surface area contributed by atoms with Gasteiger partial charge in [0.25, 0.3) is 0 Å². The number of unbranched alkanes of at least 4 members (excludes halogenated alkanes) is 1. The number of aryl methyl sites for hydroxylation is 1. The smallest absolute Gasteiger partial charge is 0.0955 e. The second kappa shape index (κ2) is 6.68. The van der Waals surface area contributed by atoms with Crippen LogP contribution in [0.4, 0.5) is 0 Å². The van der Waals surface area contributed by atoms with Gasteiger partial charge in [-0.05, 0) is 57.1 Å². The van der Waals surface area contributed by atoms with Crippen LogP contribution < -0.4 is 5.73 Å². The van der Waals surface area contributed by atoms with E-state index in [4.69, 9.17) is 5.73 Å². The zero-order chi connectivity index (χ0) is 13.7. The van der Waals surface area contributed by atoms with Gasteiger partial charge in [-0.15, -0.1) is 0 Å². The van der Waals surface area contributed by atoms with Crippen LogP contribution in [0.25, 0.3) is 11.0 Å². The Bertz CT molecular complexity index is 518. The summed E-state index contributed by atoms with van der Waals surface area (Å²) in [7, 11) is 4.20. The lowest BCUT2D eigenvalue weighted by Gasteiger charge is -2.16. The van der Waals surface area contributed by atoms with Gasteiger partial charge in [-0.3, -0.25) is 0 Å². The molecular formula is C15H24N4. The average Bonchev–Trinajstić information content (AvgIpc) is 2.78. The standard InChI is InChI=1S/C15H24N4/c1-18(9-4-3-8-16)10-7-13-5-6-15-14(11-13)17-12-19(15)2/h5-6,11-12H,3-4,7-10,16H2,1-2H3. The first-order chi connectivity index (χ1) is 9.20. The van der Waals surface area contributed by atoms with Crippen molar-refractivity contribution in [2.24, 2.45) is 12.8 Å². The molecule has 0 radical (unpaired) electrons. The molecule has 0 aliphatic heterocycles. The van der Waals surface area contributed by atoms with Crippen molar-refractivity contribution < 1.29 is 0 Å². The zero-order valence-corrected chi connectivity index (χ0v) is 12.0. The minimum atomic E-state index is 0.796. The Balaban J connectivity index is 1.87. The third kappa shape index (κ3) is 3.78. The van der Waals surface area contributed by atoms with Crippen LogP contribution in [0.15, 0.2) is 24.5 Å². The van der Waals surface area contributed by atoms with E-state index in [1.807, 2.05) is 13.4 Å². The van der Waals surface area contributed by atoms with E-state index in [9.17, 15) is 0 Å². The number of fused-ring (bicyclic) bond motifs is 1. The minimum absolute atomic E-state index is 0.796. The number of aromatic nitrogens is 2. The molecule has 104 valence electrons. The highest BCUT2D eigenvalue weighted by atomic mass is 15.1. The summed E-state index contributed by atoms with van der Waals surface area (Å²) < 4.78 is 2.05. The summed E-state index contributed by atoms with van der Waals surface area (Å²) in [5, 5.41) is 0. The molecule has 0 saturated heterocycles. The van der Waals surface area contributed by atoms with E-state index in [-0.39, 0.29) is 0 Å². The molecule has 2 aromatic rings. The number of rotatable bonds is 7. The molecule has 0 aliphatic rings. The fourth-order valence-electron chi connectivity index (χ4n) is 2.30. The summed E-state index contributed by atoms with van der Waals surface area (Å²) in [5.74, 6) is 0. The van der Waals surface area contributed by atoms with Gasteiger partial charge < -0.3 is 15.2 Å². The van der Waals surface area contributed by atoms with Crippen LogP contribution in [0.3, 0.4) is 0 Å². The van der Waals surface area contributed by atoms with Crippen molar-refractivity contribution in [2.45, 2.75) is 19.3 Å². The van der Waals surface area contributed by atoms with Crippen LogP contribution in [0.1, 0.15) is 18.4 Å². The summed E-state index contributed by atoms with van der Waals surface area (Å²) in [5.41, 5.74) is 9.15. The van der Waals surface area contributed by atoms with Gasteiger partial charge in [0.15, 0.2) is 0 Å². The van der Waals surface area contributed by atoms with Crippen molar-refractivity contribution >= 4 is 11.0 Å². The molecule has 2 N–H and O–H groups in total. The molecule has 0 unspecified atom stereocenters. The van der Waals surface area contributed by atoms with E-state index >= 15 is 0 Å². The Kier molecular flexibility index (Phi) is 4.93. The molecule has 1 aromatic heterocycles. The molecule has 4 nitrogen and oxygen atoms in total. The van der Waals surface area contributed by atoms with Crippen molar-refractivity contribution in [3.05, 3.63) is 30.1 Å². The van der Waals surface area contributed by atoms with Gasteiger partial charge in [-0.2, -0.15) is 0 Å². The summed E-state index contributed by atoms with van der Waals surface area (Å²) in [6, 6.07) is 6.56. The molecular weight excluding hydrogens is 236 g/mol. The molecule has 0 aliphatic carbocycles. The van der Waals surface area contributed by atoms with Crippen LogP contribution in [-0.2, 0) is 13.5 Å². The van der Waals surface area contributed by atoms with E-state index in [0.717, 1.165) is 38.0 Å². The van der Waals surface area contributed by atoms with Crippen LogP contribution in [0.5, 0.6) is 0 Å². The van der Waals surface area contributed by atoms with Crippen LogP contribution in [-0.4, -0.2) is 41.1 Å². The van der Waals surface area contributed by atoms with Gasteiger partial charge in [-0.25, -0.2) is 4.98 Å².